The molecule has 0 spiro atoms. The van der Waals surface area contributed by atoms with E-state index in [9.17, 15) is 18.3 Å². The maximum absolute atomic E-state index is 12.6. The normalized spacial score (nSPS) is 11.0. The van der Waals surface area contributed by atoms with Crippen LogP contribution in [0.1, 0.15) is 17.3 Å². The zero-order chi connectivity index (χ0) is 17.0. The van der Waals surface area contributed by atoms with E-state index >= 15 is 0 Å². The second-order valence-corrected chi connectivity index (χ2v) is 7.03. The van der Waals surface area contributed by atoms with Gasteiger partial charge in [-0.15, -0.1) is 0 Å². The average molecular weight is 399 g/mol. The number of nitrogens with one attached hydrogen (secondary N) is 1. The quantitative estimate of drug-likeness (QED) is 0.802. The number of carbonyl (C=O) groups excluding carboxylic acids is 1. The Morgan fingerprint density at radius 1 is 1.26 bits per heavy atom. The molecule has 0 heterocycles. The van der Waals surface area contributed by atoms with E-state index in [-0.39, 0.29) is 21.9 Å². The summed E-state index contributed by atoms with van der Waals surface area (Å²) in [4.78, 5) is 11.0. The van der Waals surface area contributed by atoms with E-state index in [1.165, 1.54) is 36.4 Å². The molecule has 0 atom stereocenters. The molecule has 1 N–H and O–H groups in total. The standard InChI is InChI=1S/C15H14BrNO5S/c1-2-22-13-8-7-10(16)9-14(13)23(20,21)17-12-6-4-3-5-11(12)15(18)19/h3-9,17H,2H2,1H3,(H,18,19)/p-1. The first kappa shape index (κ1) is 17.3. The highest BCUT2D eigenvalue weighted by atomic mass is 79.9. The predicted molar refractivity (Wildman–Crippen MR) is 86.9 cm³/mol. The van der Waals surface area contributed by atoms with Crippen LogP contribution in [0.4, 0.5) is 5.69 Å². The molecule has 122 valence electrons. The van der Waals surface area contributed by atoms with Gasteiger partial charge in [-0.3, -0.25) is 4.72 Å². The van der Waals surface area contributed by atoms with Crippen molar-refractivity contribution in [1.29, 1.82) is 0 Å². The zero-order valence-electron chi connectivity index (χ0n) is 12.1. The van der Waals surface area contributed by atoms with Crippen LogP contribution < -0.4 is 14.6 Å². The minimum Gasteiger partial charge on any atom is -0.545 e. The molecule has 23 heavy (non-hydrogen) atoms. The predicted octanol–water partition coefficient (Wildman–Crippen LogP) is 2.01. The van der Waals surface area contributed by atoms with Gasteiger partial charge in [0.2, 0.25) is 0 Å². The highest BCUT2D eigenvalue weighted by Crippen LogP contribution is 2.29. The number of halogens is 1. The second kappa shape index (κ2) is 7.01. The summed E-state index contributed by atoms with van der Waals surface area (Å²) in [5, 5.41) is 11.1. The highest BCUT2D eigenvalue weighted by Gasteiger charge is 2.21. The highest BCUT2D eigenvalue weighted by molar-refractivity contribution is 9.10. The second-order valence-electron chi connectivity index (χ2n) is 4.46. The Kier molecular flexibility index (Phi) is 5.27. The van der Waals surface area contributed by atoms with Crippen molar-refractivity contribution in [2.75, 3.05) is 11.3 Å². The Morgan fingerprint density at radius 3 is 2.61 bits per heavy atom. The Hall–Kier alpha value is -2.06. The van der Waals surface area contributed by atoms with Gasteiger partial charge >= 0.3 is 0 Å². The summed E-state index contributed by atoms with van der Waals surface area (Å²) in [6, 6.07) is 10.2. The maximum Gasteiger partial charge on any atom is 0.265 e. The number of aromatic carboxylic acids is 1. The fraction of sp³-hybridized carbons (Fsp3) is 0.133. The van der Waals surface area contributed by atoms with Crippen LogP contribution in [0.15, 0.2) is 51.8 Å². The maximum atomic E-state index is 12.6. The molecule has 0 bridgehead atoms. The Labute approximate surface area is 142 Å². The van der Waals surface area contributed by atoms with Crippen LogP contribution in [0.2, 0.25) is 0 Å². The van der Waals surface area contributed by atoms with Gasteiger partial charge in [0.1, 0.15) is 10.6 Å². The zero-order valence-corrected chi connectivity index (χ0v) is 14.5. The third-order valence-corrected chi connectivity index (χ3v) is 4.77. The molecular formula is C15H13BrNO5S-. The summed E-state index contributed by atoms with van der Waals surface area (Å²) in [6.07, 6.45) is 0. The summed E-state index contributed by atoms with van der Waals surface area (Å²) < 4.78 is 33.3. The molecule has 2 aromatic rings. The Bertz CT molecular complexity index is 836. The third-order valence-electron chi connectivity index (χ3n) is 2.89. The van der Waals surface area contributed by atoms with Crippen molar-refractivity contribution in [3.8, 4) is 5.75 Å². The number of carboxylic acids is 1. The number of hydrogen-bond donors (Lipinski definition) is 1. The summed E-state index contributed by atoms with van der Waals surface area (Å²) >= 11 is 3.21. The Balaban J connectivity index is 2.48. The van der Waals surface area contributed by atoms with E-state index in [2.05, 4.69) is 20.7 Å². The molecule has 6 nitrogen and oxygen atoms in total. The van der Waals surface area contributed by atoms with Gasteiger partial charge < -0.3 is 14.6 Å². The van der Waals surface area contributed by atoms with E-state index in [4.69, 9.17) is 4.74 Å². The molecule has 2 rings (SSSR count). The van der Waals surface area contributed by atoms with Crippen LogP contribution in [0.25, 0.3) is 0 Å². The first-order valence-electron chi connectivity index (χ1n) is 6.60. The van der Waals surface area contributed by atoms with E-state index < -0.39 is 16.0 Å². The number of para-hydroxylation sites is 1. The first-order valence-corrected chi connectivity index (χ1v) is 8.88. The molecule has 0 saturated carbocycles. The van der Waals surface area contributed by atoms with E-state index in [0.717, 1.165) is 0 Å². The molecule has 0 aromatic heterocycles. The molecule has 0 radical (unpaired) electrons. The van der Waals surface area contributed by atoms with Gasteiger partial charge in [0, 0.05) is 10.0 Å². The Morgan fingerprint density at radius 2 is 1.96 bits per heavy atom. The van der Waals surface area contributed by atoms with Crippen LogP contribution in [-0.4, -0.2) is 21.0 Å². The minimum absolute atomic E-state index is 0.0741. The van der Waals surface area contributed by atoms with Crippen LogP contribution in [0.3, 0.4) is 0 Å². The van der Waals surface area contributed by atoms with Crippen LogP contribution >= 0.6 is 15.9 Å². The number of ether oxygens (including phenoxy) is 1. The number of hydrogen-bond acceptors (Lipinski definition) is 5. The molecule has 0 aliphatic carbocycles. The van der Waals surface area contributed by atoms with E-state index in [1.807, 2.05) is 0 Å². The number of carboxylic acid groups (broad SMARTS) is 1. The van der Waals surface area contributed by atoms with Crippen LogP contribution in [0.5, 0.6) is 5.75 Å². The van der Waals surface area contributed by atoms with E-state index in [1.54, 1.807) is 13.0 Å². The fourth-order valence-corrected chi connectivity index (χ4v) is 3.68. The third kappa shape index (κ3) is 4.02. The molecule has 2 aromatic carbocycles. The SMILES string of the molecule is CCOc1ccc(Br)cc1S(=O)(=O)Nc1ccccc1C(=O)[O-]. The van der Waals surface area contributed by atoms with Gasteiger partial charge in [-0.1, -0.05) is 34.1 Å². The molecule has 0 aliphatic rings. The molecule has 0 aliphatic heterocycles. The molecule has 0 unspecified atom stereocenters. The molecule has 0 fully saturated rings. The van der Waals surface area contributed by atoms with Gasteiger partial charge in [-0.2, -0.15) is 0 Å². The van der Waals surface area contributed by atoms with Gasteiger partial charge in [-0.25, -0.2) is 8.42 Å². The van der Waals surface area contributed by atoms with Gasteiger partial charge in [0.05, 0.1) is 18.3 Å². The molecular weight excluding hydrogens is 386 g/mol. The molecule has 0 amide bonds. The summed E-state index contributed by atoms with van der Waals surface area (Å²) in [5.74, 6) is -1.29. The number of sulfonamides is 1. The smallest absolute Gasteiger partial charge is 0.265 e. The minimum atomic E-state index is -4.04. The summed E-state index contributed by atoms with van der Waals surface area (Å²) in [5.41, 5.74) is -0.320. The summed E-state index contributed by atoms with van der Waals surface area (Å²) in [6.45, 7) is 2.02. The van der Waals surface area contributed by atoms with Crippen molar-refractivity contribution in [2.45, 2.75) is 11.8 Å². The van der Waals surface area contributed by atoms with Crippen molar-refractivity contribution in [3.63, 3.8) is 0 Å². The van der Waals surface area contributed by atoms with Crippen LogP contribution in [0, 0.1) is 0 Å². The van der Waals surface area contributed by atoms with Gasteiger partial charge in [0.25, 0.3) is 10.0 Å². The first-order chi connectivity index (χ1) is 10.8. The molecule has 8 heteroatoms. The lowest BCUT2D eigenvalue weighted by molar-refractivity contribution is -0.254. The van der Waals surface area contributed by atoms with E-state index in [0.29, 0.717) is 11.1 Å². The van der Waals surface area contributed by atoms with Crippen molar-refractivity contribution < 1.29 is 23.1 Å². The van der Waals surface area contributed by atoms with Crippen LogP contribution in [-0.2, 0) is 10.0 Å². The number of rotatable bonds is 6. The average Bonchev–Trinajstić information content (AvgIpc) is 2.49. The van der Waals surface area contributed by atoms with Gasteiger partial charge in [-0.05, 0) is 31.2 Å². The number of benzene rings is 2. The molecule has 0 saturated heterocycles. The fourth-order valence-electron chi connectivity index (χ4n) is 1.92. The van der Waals surface area contributed by atoms with Crippen molar-refractivity contribution in [1.82, 2.24) is 0 Å². The van der Waals surface area contributed by atoms with Crippen molar-refractivity contribution in [2.24, 2.45) is 0 Å². The van der Waals surface area contributed by atoms with Crippen molar-refractivity contribution >= 4 is 37.6 Å². The van der Waals surface area contributed by atoms with Gasteiger partial charge in [0.15, 0.2) is 0 Å². The lowest BCUT2D eigenvalue weighted by Gasteiger charge is -2.15. The largest absolute Gasteiger partial charge is 0.545 e. The monoisotopic (exact) mass is 398 g/mol. The lowest BCUT2D eigenvalue weighted by atomic mass is 10.2. The lowest BCUT2D eigenvalue weighted by Crippen LogP contribution is -2.25. The number of carbonyl (C=O) groups is 1. The van der Waals surface area contributed by atoms with Crippen molar-refractivity contribution in [3.05, 3.63) is 52.5 Å². The topological polar surface area (TPSA) is 95.5 Å². The summed E-state index contributed by atoms with van der Waals surface area (Å²) in [7, 11) is -4.04. The number of anilines is 1.